The summed E-state index contributed by atoms with van der Waals surface area (Å²) in [5.41, 5.74) is 1.95. The Morgan fingerprint density at radius 3 is 1.77 bits per heavy atom. The number of carbonyl (C=O) groups excluding carboxylic acids is 3. The summed E-state index contributed by atoms with van der Waals surface area (Å²) < 4.78 is 5.11. The largest absolute Gasteiger partial charge is 0.450 e. The number of hydrogen-bond acceptors (Lipinski definition) is 5. The summed E-state index contributed by atoms with van der Waals surface area (Å²) in [6, 6.07) is 19.1. The molecule has 186 valence electrons. The van der Waals surface area contributed by atoms with Gasteiger partial charge in [-0.1, -0.05) is 74.5 Å². The predicted molar refractivity (Wildman–Crippen MR) is 134 cm³/mol. The number of piperazine rings is 1. The molecular formula is C28H35N3O4. The molecule has 2 fully saturated rings. The molecule has 2 aliphatic heterocycles. The van der Waals surface area contributed by atoms with Crippen LogP contribution in [0.25, 0.3) is 0 Å². The van der Waals surface area contributed by atoms with E-state index in [4.69, 9.17) is 4.74 Å². The predicted octanol–water partition coefficient (Wildman–Crippen LogP) is 3.93. The number of rotatable bonds is 5. The molecule has 7 nitrogen and oxygen atoms in total. The van der Waals surface area contributed by atoms with Gasteiger partial charge in [0.05, 0.1) is 25.2 Å². The van der Waals surface area contributed by atoms with Crippen LogP contribution in [0.3, 0.4) is 0 Å². The number of amides is 2. The van der Waals surface area contributed by atoms with E-state index in [0.717, 1.165) is 11.1 Å². The fourth-order valence-electron chi connectivity index (χ4n) is 5.47. The molecule has 7 heteroatoms. The zero-order valence-corrected chi connectivity index (χ0v) is 20.8. The molecule has 0 bridgehead atoms. The quantitative estimate of drug-likeness (QED) is 0.653. The van der Waals surface area contributed by atoms with Crippen LogP contribution in [0.15, 0.2) is 60.7 Å². The zero-order chi connectivity index (χ0) is 24.9. The van der Waals surface area contributed by atoms with Crippen LogP contribution in [-0.4, -0.2) is 71.8 Å². The molecule has 0 N–H and O–H groups in total. The van der Waals surface area contributed by atoms with Gasteiger partial charge >= 0.3 is 6.09 Å². The van der Waals surface area contributed by atoms with Gasteiger partial charge in [0.15, 0.2) is 0 Å². The molecule has 35 heavy (non-hydrogen) atoms. The van der Waals surface area contributed by atoms with Gasteiger partial charge in [-0.2, -0.15) is 0 Å². The molecule has 0 unspecified atom stereocenters. The lowest BCUT2D eigenvalue weighted by atomic mass is 9.74. The second kappa shape index (κ2) is 11.0. The lowest BCUT2D eigenvalue weighted by Gasteiger charge is -2.49. The van der Waals surface area contributed by atoms with E-state index in [1.165, 1.54) is 0 Å². The van der Waals surface area contributed by atoms with E-state index >= 15 is 0 Å². The van der Waals surface area contributed by atoms with E-state index in [1.54, 1.807) is 11.8 Å². The normalized spacial score (nSPS) is 25.4. The molecular weight excluding hydrogens is 442 g/mol. The van der Waals surface area contributed by atoms with E-state index in [2.05, 4.69) is 4.90 Å². The highest BCUT2D eigenvalue weighted by Crippen LogP contribution is 2.46. The van der Waals surface area contributed by atoms with Crippen molar-refractivity contribution < 1.29 is 19.1 Å². The van der Waals surface area contributed by atoms with Gasteiger partial charge in [-0.15, -0.1) is 0 Å². The van der Waals surface area contributed by atoms with Crippen molar-refractivity contribution in [1.82, 2.24) is 14.7 Å². The maximum atomic E-state index is 14.0. The highest BCUT2D eigenvalue weighted by atomic mass is 16.6. The third kappa shape index (κ3) is 5.25. The van der Waals surface area contributed by atoms with Gasteiger partial charge in [-0.25, -0.2) is 4.79 Å². The lowest BCUT2D eigenvalue weighted by molar-refractivity contribution is -0.152. The van der Waals surface area contributed by atoms with Crippen molar-refractivity contribution in [3.63, 3.8) is 0 Å². The number of nitrogens with zero attached hydrogens (tertiary/aromatic N) is 3. The van der Waals surface area contributed by atoms with Gasteiger partial charge in [0.2, 0.25) is 5.91 Å². The maximum absolute atomic E-state index is 14.0. The molecule has 2 heterocycles. The zero-order valence-electron chi connectivity index (χ0n) is 20.8. The number of benzene rings is 2. The summed E-state index contributed by atoms with van der Waals surface area (Å²) in [5.74, 6) is -0.433. The van der Waals surface area contributed by atoms with Crippen molar-refractivity contribution in [2.24, 2.45) is 11.8 Å². The third-order valence-electron chi connectivity index (χ3n) is 7.27. The first-order chi connectivity index (χ1) is 16.9. The molecule has 0 aromatic heterocycles. The number of hydrogen-bond donors (Lipinski definition) is 0. The van der Waals surface area contributed by atoms with E-state index in [-0.39, 0.29) is 48.2 Å². The van der Waals surface area contributed by atoms with Crippen LogP contribution in [0, 0.1) is 11.8 Å². The van der Waals surface area contributed by atoms with Crippen molar-refractivity contribution in [3.05, 3.63) is 71.8 Å². The van der Waals surface area contributed by atoms with Crippen molar-refractivity contribution in [2.45, 2.75) is 32.9 Å². The highest BCUT2D eigenvalue weighted by Gasteiger charge is 2.48. The smallest absolute Gasteiger partial charge is 0.409 e. The van der Waals surface area contributed by atoms with Crippen LogP contribution in [0.1, 0.15) is 44.0 Å². The highest BCUT2D eigenvalue weighted by molar-refractivity contribution is 5.89. The summed E-state index contributed by atoms with van der Waals surface area (Å²) in [4.78, 5) is 45.2. The van der Waals surface area contributed by atoms with Crippen LogP contribution in [0.5, 0.6) is 0 Å². The second-order valence-corrected chi connectivity index (χ2v) is 9.45. The molecule has 4 rings (SSSR count). The molecule has 2 amide bonds. The van der Waals surface area contributed by atoms with Crippen LogP contribution in [0.2, 0.25) is 0 Å². The van der Waals surface area contributed by atoms with Crippen molar-refractivity contribution in [3.8, 4) is 0 Å². The van der Waals surface area contributed by atoms with Gasteiger partial charge in [0.1, 0.15) is 5.78 Å². The number of likely N-dealkylation sites (tertiary alicyclic amines) is 1. The molecule has 0 spiro atoms. The first kappa shape index (κ1) is 24.9. The fourth-order valence-corrected chi connectivity index (χ4v) is 5.47. The molecule has 2 aromatic carbocycles. The van der Waals surface area contributed by atoms with Crippen molar-refractivity contribution in [2.75, 3.05) is 39.3 Å². The van der Waals surface area contributed by atoms with Gasteiger partial charge in [-0.3, -0.25) is 14.5 Å². The van der Waals surface area contributed by atoms with Crippen LogP contribution in [0.4, 0.5) is 4.79 Å². The lowest BCUT2D eigenvalue weighted by Crippen LogP contribution is -2.56. The van der Waals surface area contributed by atoms with Crippen molar-refractivity contribution >= 4 is 17.8 Å². The Bertz CT molecular complexity index is 966. The molecule has 2 aromatic rings. The van der Waals surface area contributed by atoms with Gasteiger partial charge in [0, 0.05) is 38.0 Å². The summed E-state index contributed by atoms with van der Waals surface area (Å²) >= 11 is 0. The van der Waals surface area contributed by atoms with Gasteiger partial charge in [0.25, 0.3) is 0 Å². The molecule has 0 aliphatic carbocycles. The Kier molecular flexibility index (Phi) is 7.86. The Balaban J connectivity index is 1.61. The molecule has 0 radical (unpaired) electrons. The van der Waals surface area contributed by atoms with E-state index in [1.807, 2.05) is 79.4 Å². The SMILES string of the molecule is CCOC(=O)N1CCN(CC(=O)N2[C@H](c3ccccc3)[C@@H](C)C(=O)[C@@H](C)[C@@H]2c2ccccc2)CC1. The average Bonchev–Trinajstić information content (AvgIpc) is 2.88. The second-order valence-electron chi connectivity index (χ2n) is 9.45. The fraction of sp³-hybridized carbons (Fsp3) is 0.464. The first-order valence-corrected chi connectivity index (χ1v) is 12.5. The summed E-state index contributed by atoms with van der Waals surface area (Å²) in [7, 11) is 0. The minimum Gasteiger partial charge on any atom is -0.450 e. The first-order valence-electron chi connectivity index (χ1n) is 12.5. The number of piperidine rings is 1. The number of ketones is 1. The van der Waals surface area contributed by atoms with E-state index < -0.39 is 0 Å². The van der Waals surface area contributed by atoms with Crippen LogP contribution < -0.4 is 0 Å². The van der Waals surface area contributed by atoms with E-state index in [0.29, 0.717) is 32.8 Å². The topological polar surface area (TPSA) is 70.2 Å². The van der Waals surface area contributed by atoms with E-state index in [9.17, 15) is 14.4 Å². The molecule has 0 saturated carbocycles. The Hall–Kier alpha value is -3.19. The Morgan fingerprint density at radius 1 is 0.829 bits per heavy atom. The minimum atomic E-state index is -0.335. The summed E-state index contributed by atoms with van der Waals surface area (Å²) in [5, 5.41) is 0. The molecule has 4 atom stereocenters. The van der Waals surface area contributed by atoms with Gasteiger partial charge < -0.3 is 14.5 Å². The standard InChI is InChI=1S/C28H35N3O4/c1-4-35-28(34)30-17-15-29(16-18-30)19-24(32)31-25(22-11-7-5-8-12-22)20(2)27(33)21(3)26(31)23-13-9-6-10-14-23/h5-14,20-21,25-26H,4,15-19H2,1-3H3/t20-,21+,25+,26-. The van der Waals surface area contributed by atoms with Gasteiger partial charge in [-0.05, 0) is 18.1 Å². The minimum absolute atomic E-state index is 0.00323. The average molecular weight is 478 g/mol. The third-order valence-corrected chi connectivity index (χ3v) is 7.27. The monoisotopic (exact) mass is 477 g/mol. The number of Topliss-reactive ketones (excluding diaryl/α,β-unsaturated/α-hetero) is 1. The Morgan fingerprint density at radius 2 is 1.31 bits per heavy atom. The number of ether oxygens (including phenoxy) is 1. The number of carbonyl (C=O) groups is 3. The van der Waals surface area contributed by atoms with Crippen LogP contribution >= 0.6 is 0 Å². The molecule has 2 aliphatic rings. The summed E-state index contributed by atoms with van der Waals surface area (Å²) in [6.07, 6.45) is -0.302. The molecule has 2 saturated heterocycles. The maximum Gasteiger partial charge on any atom is 0.409 e. The Labute approximate surface area is 207 Å². The van der Waals surface area contributed by atoms with Crippen LogP contribution in [-0.2, 0) is 14.3 Å². The van der Waals surface area contributed by atoms with Crippen molar-refractivity contribution in [1.29, 1.82) is 0 Å². The summed E-state index contributed by atoms with van der Waals surface area (Å²) in [6.45, 7) is 8.54.